The molecule has 0 saturated heterocycles. The smallest absolute Gasteiger partial charge is 0.165 e. The molecule has 1 rings (SSSR count). The third-order valence-corrected chi connectivity index (χ3v) is 3.67. The van der Waals surface area contributed by atoms with Gasteiger partial charge < -0.3 is 9.47 Å². The number of Topliss-reactive ketones (excluding diaryl/α,β-unsaturated/α-hetero) is 1. The minimum Gasteiger partial charge on any atom is -0.353 e. The third-order valence-electron chi connectivity index (χ3n) is 3.67. The molecule has 0 aromatic rings. The van der Waals surface area contributed by atoms with E-state index in [-0.39, 0.29) is 30.0 Å². The van der Waals surface area contributed by atoms with Gasteiger partial charge in [0.1, 0.15) is 6.10 Å². The van der Waals surface area contributed by atoms with E-state index in [1.54, 1.807) is 0 Å². The first-order valence-corrected chi connectivity index (χ1v) is 7.42. The predicted octanol–water partition coefficient (Wildman–Crippen LogP) is 3.73. The predicted molar refractivity (Wildman–Crippen MR) is 76.9 cm³/mol. The van der Waals surface area contributed by atoms with Crippen molar-refractivity contribution < 1.29 is 14.3 Å². The number of ether oxygens (including phenoxy) is 2. The highest BCUT2D eigenvalue weighted by Gasteiger charge is 2.31. The fourth-order valence-electron chi connectivity index (χ4n) is 2.49. The van der Waals surface area contributed by atoms with Crippen LogP contribution in [0.25, 0.3) is 0 Å². The Bertz CT molecular complexity index is 320. The van der Waals surface area contributed by atoms with Crippen LogP contribution in [0.3, 0.4) is 0 Å². The molecule has 19 heavy (non-hydrogen) atoms. The number of allylic oxidation sites excluding steroid dienone is 2. The van der Waals surface area contributed by atoms with Gasteiger partial charge in [-0.05, 0) is 46.0 Å². The van der Waals surface area contributed by atoms with Crippen molar-refractivity contribution in [1.29, 1.82) is 0 Å². The van der Waals surface area contributed by atoms with E-state index < -0.39 is 0 Å². The summed E-state index contributed by atoms with van der Waals surface area (Å²) in [5, 5.41) is 0. The van der Waals surface area contributed by atoms with Crippen LogP contribution in [0.4, 0.5) is 0 Å². The highest BCUT2D eigenvalue weighted by atomic mass is 16.7. The quantitative estimate of drug-likeness (QED) is 0.521. The van der Waals surface area contributed by atoms with E-state index in [1.807, 2.05) is 27.7 Å². The molecule has 0 fully saturated rings. The zero-order valence-corrected chi connectivity index (χ0v) is 12.9. The van der Waals surface area contributed by atoms with Crippen molar-refractivity contribution in [3.63, 3.8) is 0 Å². The van der Waals surface area contributed by atoms with E-state index in [2.05, 4.69) is 13.0 Å². The summed E-state index contributed by atoms with van der Waals surface area (Å²) >= 11 is 0. The Balaban J connectivity index is 2.63. The zero-order chi connectivity index (χ0) is 14.4. The van der Waals surface area contributed by atoms with Crippen LogP contribution in [0.5, 0.6) is 0 Å². The number of ketones is 1. The topological polar surface area (TPSA) is 35.5 Å². The van der Waals surface area contributed by atoms with Gasteiger partial charge in [-0.15, -0.1) is 0 Å². The van der Waals surface area contributed by atoms with Crippen molar-refractivity contribution in [2.75, 3.05) is 6.61 Å². The summed E-state index contributed by atoms with van der Waals surface area (Å²) < 4.78 is 11.2. The van der Waals surface area contributed by atoms with Gasteiger partial charge in [0, 0.05) is 12.5 Å². The molecule has 0 aliphatic heterocycles. The maximum atomic E-state index is 12.6. The van der Waals surface area contributed by atoms with Crippen molar-refractivity contribution >= 4 is 5.78 Å². The zero-order valence-electron chi connectivity index (χ0n) is 12.9. The molecule has 110 valence electrons. The number of rotatable bonds is 7. The van der Waals surface area contributed by atoms with E-state index in [9.17, 15) is 4.79 Å². The van der Waals surface area contributed by atoms with E-state index >= 15 is 0 Å². The largest absolute Gasteiger partial charge is 0.353 e. The molecule has 0 aromatic carbocycles. The van der Waals surface area contributed by atoms with Crippen LogP contribution >= 0.6 is 0 Å². The van der Waals surface area contributed by atoms with Crippen LogP contribution in [-0.4, -0.2) is 24.8 Å². The van der Waals surface area contributed by atoms with Crippen LogP contribution < -0.4 is 0 Å². The lowest BCUT2D eigenvalue weighted by atomic mass is 9.83. The molecular formula is C16H28O3. The molecule has 1 aliphatic rings. The molecule has 0 spiro atoms. The van der Waals surface area contributed by atoms with E-state index in [0.29, 0.717) is 6.61 Å². The van der Waals surface area contributed by atoms with Crippen molar-refractivity contribution in [1.82, 2.24) is 0 Å². The highest BCUT2D eigenvalue weighted by Crippen LogP contribution is 2.27. The maximum absolute atomic E-state index is 12.6. The van der Waals surface area contributed by atoms with Gasteiger partial charge >= 0.3 is 0 Å². The Morgan fingerprint density at radius 1 is 1.42 bits per heavy atom. The Kier molecular flexibility index (Phi) is 6.73. The molecule has 3 nitrogen and oxygen atoms in total. The highest BCUT2D eigenvalue weighted by molar-refractivity contribution is 5.86. The van der Waals surface area contributed by atoms with Gasteiger partial charge in [0.15, 0.2) is 12.1 Å². The second kappa shape index (κ2) is 7.81. The van der Waals surface area contributed by atoms with Gasteiger partial charge in [0.05, 0.1) is 0 Å². The third kappa shape index (κ3) is 5.07. The Hall–Kier alpha value is -0.670. The van der Waals surface area contributed by atoms with Crippen LogP contribution in [0.2, 0.25) is 0 Å². The van der Waals surface area contributed by atoms with Crippen LogP contribution in [0.1, 0.15) is 53.9 Å². The Morgan fingerprint density at radius 3 is 2.58 bits per heavy atom. The normalized spacial score (nSPS) is 23.1. The summed E-state index contributed by atoms with van der Waals surface area (Å²) in [4.78, 5) is 12.6. The van der Waals surface area contributed by atoms with E-state index in [1.165, 1.54) is 5.57 Å². The monoisotopic (exact) mass is 268 g/mol. The molecule has 0 amide bonds. The fraction of sp³-hybridized carbons (Fsp3) is 0.812. The molecule has 0 aromatic heterocycles. The molecule has 1 aliphatic carbocycles. The molecule has 3 atom stereocenters. The second-order valence-corrected chi connectivity index (χ2v) is 5.75. The number of carbonyl (C=O) groups excluding carboxylic acids is 1. The van der Waals surface area contributed by atoms with Crippen molar-refractivity contribution in [3.05, 3.63) is 11.6 Å². The average molecular weight is 268 g/mol. The van der Waals surface area contributed by atoms with Gasteiger partial charge in [-0.1, -0.05) is 25.5 Å². The van der Waals surface area contributed by atoms with E-state index in [4.69, 9.17) is 9.47 Å². The SMILES string of the molecule is CCOC(C)O[C@H](C(=O)[C@@H]1CC=C(C)CC1)C(C)C. The van der Waals surface area contributed by atoms with Gasteiger partial charge in [-0.25, -0.2) is 0 Å². The first-order valence-electron chi connectivity index (χ1n) is 7.42. The number of carbonyl (C=O) groups is 1. The Labute approximate surface area is 117 Å². The van der Waals surface area contributed by atoms with E-state index in [0.717, 1.165) is 19.3 Å². The van der Waals surface area contributed by atoms with Crippen molar-refractivity contribution in [2.24, 2.45) is 11.8 Å². The number of hydrogen-bond acceptors (Lipinski definition) is 3. The minimum absolute atomic E-state index is 0.116. The van der Waals surface area contributed by atoms with Gasteiger partial charge in [0.25, 0.3) is 0 Å². The standard InChI is InChI=1S/C16H28O3/c1-6-18-13(5)19-16(11(2)3)15(17)14-9-7-12(4)8-10-14/h7,11,13-14,16H,6,8-10H2,1-5H3/t13?,14-,16+/m1/s1. The van der Waals surface area contributed by atoms with Crippen LogP contribution in [-0.2, 0) is 14.3 Å². The second-order valence-electron chi connectivity index (χ2n) is 5.75. The van der Waals surface area contributed by atoms with Gasteiger partial charge in [-0.2, -0.15) is 0 Å². The number of hydrogen-bond donors (Lipinski definition) is 0. The fourth-order valence-corrected chi connectivity index (χ4v) is 2.49. The average Bonchev–Trinajstić information content (AvgIpc) is 2.36. The first-order chi connectivity index (χ1) is 8.95. The Morgan fingerprint density at radius 2 is 2.11 bits per heavy atom. The summed E-state index contributed by atoms with van der Waals surface area (Å²) in [5.41, 5.74) is 1.40. The summed E-state index contributed by atoms with van der Waals surface area (Å²) in [7, 11) is 0. The van der Waals surface area contributed by atoms with Crippen molar-refractivity contribution in [3.8, 4) is 0 Å². The molecule has 0 heterocycles. The molecule has 0 N–H and O–H groups in total. The summed E-state index contributed by atoms with van der Waals surface area (Å²) in [5.74, 6) is 0.539. The van der Waals surface area contributed by atoms with Crippen molar-refractivity contribution in [2.45, 2.75) is 66.3 Å². The molecule has 3 heteroatoms. The molecule has 0 saturated carbocycles. The minimum atomic E-state index is -0.349. The molecule has 1 unspecified atom stereocenters. The van der Waals surface area contributed by atoms with Crippen LogP contribution in [0.15, 0.2) is 11.6 Å². The lowest BCUT2D eigenvalue weighted by molar-refractivity contribution is -0.179. The molecular weight excluding hydrogens is 240 g/mol. The first kappa shape index (κ1) is 16.4. The summed E-state index contributed by atoms with van der Waals surface area (Å²) in [6, 6.07) is 0. The molecule has 0 bridgehead atoms. The van der Waals surface area contributed by atoms with Gasteiger partial charge in [-0.3, -0.25) is 4.79 Å². The summed E-state index contributed by atoms with van der Waals surface area (Å²) in [6.07, 6.45) is 4.37. The van der Waals surface area contributed by atoms with Crippen LogP contribution in [0, 0.1) is 11.8 Å². The summed E-state index contributed by atoms with van der Waals surface area (Å²) in [6.45, 7) is 10.6. The molecule has 0 radical (unpaired) electrons. The van der Waals surface area contributed by atoms with Gasteiger partial charge in [0.2, 0.25) is 0 Å². The lowest BCUT2D eigenvalue weighted by Crippen LogP contribution is -2.38. The maximum Gasteiger partial charge on any atom is 0.165 e. The lowest BCUT2D eigenvalue weighted by Gasteiger charge is -2.29.